The van der Waals surface area contributed by atoms with Crippen LogP contribution in [0.25, 0.3) is 0 Å². The number of ether oxygens (including phenoxy) is 1. The highest BCUT2D eigenvalue weighted by Crippen LogP contribution is 2.40. The first kappa shape index (κ1) is 21.2. The molecule has 0 saturated heterocycles. The van der Waals surface area contributed by atoms with Crippen molar-refractivity contribution in [1.82, 2.24) is 10.6 Å². The minimum Gasteiger partial charge on any atom is -0.385 e. The average Bonchev–Trinajstić information content (AvgIpc) is 3.11. The molecule has 0 unspecified atom stereocenters. The number of anilines is 1. The van der Waals surface area contributed by atoms with Gasteiger partial charge in [0.15, 0.2) is 5.96 Å². The molecule has 0 radical (unpaired) electrons. The summed E-state index contributed by atoms with van der Waals surface area (Å²) in [7, 11) is 1.77. The van der Waals surface area contributed by atoms with Gasteiger partial charge in [-0.15, -0.1) is 0 Å². The third-order valence-electron chi connectivity index (χ3n) is 5.14. The van der Waals surface area contributed by atoms with Crippen molar-refractivity contribution in [2.75, 3.05) is 32.1 Å². The van der Waals surface area contributed by atoms with Gasteiger partial charge in [-0.1, -0.05) is 25.0 Å². The van der Waals surface area contributed by atoms with Gasteiger partial charge in [-0.2, -0.15) is 0 Å². The number of guanidine groups is 1. The van der Waals surface area contributed by atoms with E-state index in [0.29, 0.717) is 12.0 Å². The van der Waals surface area contributed by atoms with E-state index in [2.05, 4.69) is 22.9 Å². The van der Waals surface area contributed by atoms with Crippen LogP contribution in [-0.2, 0) is 16.1 Å². The number of rotatable bonds is 9. The number of aliphatic imine (C=N–C) groups is 1. The molecule has 0 spiro atoms. The number of nitrogens with one attached hydrogen (secondary N) is 3. The largest absolute Gasteiger partial charge is 0.385 e. The Balaban J connectivity index is 1.98. The molecule has 150 valence electrons. The van der Waals surface area contributed by atoms with Gasteiger partial charge < -0.3 is 20.7 Å². The maximum Gasteiger partial charge on any atom is 0.221 e. The molecular formula is C21H34N4O2. The second-order valence-corrected chi connectivity index (χ2v) is 7.38. The minimum atomic E-state index is -0.0661. The predicted molar refractivity (Wildman–Crippen MR) is 111 cm³/mol. The summed E-state index contributed by atoms with van der Waals surface area (Å²) in [6, 6.07) is 7.81. The van der Waals surface area contributed by atoms with Crippen LogP contribution in [0.3, 0.4) is 0 Å². The number of benzene rings is 1. The smallest absolute Gasteiger partial charge is 0.221 e. The van der Waals surface area contributed by atoms with E-state index >= 15 is 0 Å². The zero-order valence-corrected chi connectivity index (χ0v) is 16.9. The van der Waals surface area contributed by atoms with Gasteiger partial charge in [-0.3, -0.25) is 4.79 Å². The summed E-state index contributed by atoms with van der Waals surface area (Å²) in [6.45, 7) is 6.71. The lowest BCUT2D eigenvalue weighted by Crippen LogP contribution is -2.43. The van der Waals surface area contributed by atoms with Gasteiger partial charge in [-0.25, -0.2) is 4.99 Å². The van der Waals surface area contributed by atoms with Crippen molar-refractivity contribution in [3.8, 4) is 0 Å². The van der Waals surface area contributed by atoms with E-state index in [0.717, 1.165) is 43.3 Å². The Bertz CT molecular complexity index is 624. The van der Waals surface area contributed by atoms with E-state index in [-0.39, 0.29) is 5.91 Å². The second kappa shape index (κ2) is 10.9. The van der Waals surface area contributed by atoms with E-state index in [1.807, 2.05) is 24.3 Å². The van der Waals surface area contributed by atoms with Crippen molar-refractivity contribution in [3.05, 3.63) is 29.8 Å². The van der Waals surface area contributed by atoms with Crippen LogP contribution in [0.15, 0.2) is 29.3 Å². The summed E-state index contributed by atoms with van der Waals surface area (Å²) in [5.74, 6) is 0.773. The average molecular weight is 375 g/mol. The number of nitrogens with zero attached hydrogens (tertiary/aromatic N) is 1. The molecule has 1 aromatic carbocycles. The molecule has 0 aromatic heterocycles. The van der Waals surface area contributed by atoms with Crippen molar-refractivity contribution in [3.63, 3.8) is 0 Å². The molecule has 6 nitrogen and oxygen atoms in total. The molecule has 27 heavy (non-hydrogen) atoms. The number of hydrogen-bond donors (Lipinski definition) is 3. The summed E-state index contributed by atoms with van der Waals surface area (Å²) < 4.78 is 5.32. The third-order valence-corrected chi connectivity index (χ3v) is 5.14. The summed E-state index contributed by atoms with van der Waals surface area (Å²) in [6.07, 6.45) is 6.20. The molecule has 1 aromatic rings. The SMILES string of the molecule is CCNC(=NCc1cccc(NC(C)=O)c1)NCC1(CCOC)CCCC1. The highest BCUT2D eigenvalue weighted by atomic mass is 16.5. The summed E-state index contributed by atoms with van der Waals surface area (Å²) in [5, 5.41) is 9.69. The van der Waals surface area contributed by atoms with Gasteiger partial charge in [0.05, 0.1) is 6.54 Å². The molecule has 1 aliphatic rings. The highest BCUT2D eigenvalue weighted by molar-refractivity contribution is 5.88. The number of carbonyl (C=O) groups excluding carboxylic acids is 1. The predicted octanol–water partition coefficient (Wildman–Crippen LogP) is 3.30. The summed E-state index contributed by atoms with van der Waals surface area (Å²) >= 11 is 0. The molecule has 1 aliphatic carbocycles. The van der Waals surface area contributed by atoms with Crippen molar-refractivity contribution < 1.29 is 9.53 Å². The molecular weight excluding hydrogens is 340 g/mol. The normalized spacial score (nSPS) is 16.2. The van der Waals surface area contributed by atoms with Crippen molar-refractivity contribution in [1.29, 1.82) is 0 Å². The van der Waals surface area contributed by atoms with Crippen molar-refractivity contribution in [2.45, 2.75) is 52.5 Å². The van der Waals surface area contributed by atoms with Crippen LogP contribution >= 0.6 is 0 Å². The van der Waals surface area contributed by atoms with Crippen LogP contribution in [0.5, 0.6) is 0 Å². The Morgan fingerprint density at radius 3 is 2.70 bits per heavy atom. The second-order valence-electron chi connectivity index (χ2n) is 7.38. The Hall–Kier alpha value is -2.08. The highest BCUT2D eigenvalue weighted by Gasteiger charge is 2.33. The molecule has 1 saturated carbocycles. The standard InChI is InChI=1S/C21H34N4O2/c1-4-22-20(24-16-21(12-13-27-3)10-5-6-11-21)23-15-18-8-7-9-19(14-18)25-17(2)26/h7-9,14H,4-6,10-13,15-16H2,1-3H3,(H,25,26)(H2,22,23,24). The topological polar surface area (TPSA) is 74.8 Å². The van der Waals surface area contributed by atoms with E-state index in [1.165, 1.54) is 32.6 Å². The Morgan fingerprint density at radius 1 is 1.26 bits per heavy atom. The van der Waals surface area contributed by atoms with Gasteiger partial charge in [0.25, 0.3) is 0 Å². The van der Waals surface area contributed by atoms with Gasteiger partial charge in [0, 0.05) is 39.4 Å². The Kier molecular flexibility index (Phi) is 8.58. The first-order valence-corrected chi connectivity index (χ1v) is 9.94. The van der Waals surface area contributed by atoms with Gasteiger partial charge in [-0.05, 0) is 49.3 Å². The minimum absolute atomic E-state index is 0.0661. The van der Waals surface area contributed by atoms with Crippen LogP contribution in [0.1, 0.15) is 51.5 Å². The molecule has 0 atom stereocenters. The summed E-state index contributed by atoms with van der Waals surface area (Å²) in [5.41, 5.74) is 2.18. The molecule has 0 heterocycles. The molecule has 3 N–H and O–H groups in total. The lowest BCUT2D eigenvalue weighted by atomic mass is 9.83. The van der Waals surface area contributed by atoms with Gasteiger partial charge in [0.2, 0.25) is 5.91 Å². The Labute approximate surface area is 163 Å². The van der Waals surface area contributed by atoms with E-state index in [1.54, 1.807) is 7.11 Å². The fourth-order valence-electron chi connectivity index (χ4n) is 3.69. The number of carbonyl (C=O) groups is 1. The van der Waals surface area contributed by atoms with Crippen molar-refractivity contribution in [2.24, 2.45) is 10.4 Å². The van der Waals surface area contributed by atoms with Crippen LogP contribution < -0.4 is 16.0 Å². The van der Waals surface area contributed by atoms with Crippen molar-refractivity contribution >= 4 is 17.6 Å². The fraction of sp³-hybridized carbons (Fsp3) is 0.619. The molecule has 0 aliphatic heterocycles. The molecule has 0 bridgehead atoms. The number of amides is 1. The third kappa shape index (κ3) is 7.21. The maximum absolute atomic E-state index is 11.2. The zero-order valence-electron chi connectivity index (χ0n) is 16.9. The lowest BCUT2D eigenvalue weighted by Gasteiger charge is -2.30. The summed E-state index contributed by atoms with van der Waals surface area (Å²) in [4.78, 5) is 16.0. The van der Waals surface area contributed by atoms with Crippen LogP contribution in [0.2, 0.25) is 0 Å². The number of methoxy groups -OCH3 is 1. The van der Waals surface area contributed by atoms with E-state index < -0.39 is 0 Å². The first-order chi connectivity index (χ1) is 13.1. The molecule has 2 rings (SSSR count). The quantitative estimate of drug-likeness (QED) is 0.458. The lowest BCUT2D eigenvalue weighted by molar-refractivity contribution is -0.114. The first-order valence-electron chi connectivity index (χ1n) is 9.94. The maximum atomic E-state index is 11.2. The van der Waals surface area contributed by atoms with E-state index in [9.17, 15) is 4.79 Å². The van der Waals surface area contributed by atoms with E-state index in [4.69, 9.17) is 9.73 Å². The fourth-order valence-corrected chi connectivity index (χ4v) is 3.69. The van der Waals surface area contributed by atoms with Crippen LogP contribution in [0.4, 0.5) is 5.69 Å². The van der Waals surface area contributed by atoms with Crippen LogP contribution in [0, 0.1) is 5.41 Å². The molecule has 1 fully saturated rings. The number of hydrogen-bond acceptors (Lipinski definition) is 3. The molecule has 6 heteroatoms. The monoisotopic (exact) mass is 374 g/mol. The Morgan fingerprint density at radius 2 is 2.04 bits per heavy atom. The van der Waals surface area contributed by atoms with Gasteiger partial charge >= 0.3 is 0 Å². The molecule has 1 amide bonds. The van der Waals surface area contributed by atoms with Gasteiger partial charge in [0.1, 0.15) is 0 Å². The van der Waals surface area contributed by atoms with Crippen LogP contribution in [-0.4, -0.2) is 38.7 Å². The zero-order chi connectivity index (χ0) is 19.5.